The summed E-state index contributed by atoms with van der Waals surface area (Å²) >= 11 is 0. The maximum absolute atomic E-state index is 13.6. The minimum atomic E-state index is -4.66. The van der Waals surface area contributed by atoms with Crippen molar-refractivity contribution in [2.75, 3.05) is 156 Å². The van der Waals surface area contributed by atoms with Crippen molar-refractivity contribution in [1.29, 1.82) is 0 Å². The van der Waals surface area contributed by atoms with Gasteiger partial charge in [-0.25, -0.2) is 13.4 Å². The molecular weight excluding hydrogens is 1220 g/mol. The number of hydrogen-bond acceptors (Lipinski definition) is 21. The third-order valence-electron chi connectivity index (χ3n) is 14.3. The third-order valence-corrected chi connectivity index (χ3v) is 16.8. The molecule has 10 N–H and O–H groups in total. The second-order valence-electron chi connectivity index (χ2n) is 21.8. The van der Waals surface area contributed by atoms with Crippen LogP contribution in [0.15, 0.2) is 58.6 Å². The van der Waals surface area contributed by atoms with Crippen LogP contribution in [0.25, 0.3) is 10.9 Å². The van der Waals surface area contributed by atoms with E-state index in [1.54, 1.807) is 47.1 Å². The number of imidazole rings is 1. The van der Waals surface area contributed by atoms with Crippen LogP contribution in [0.3, 0.4) is 0 Å². The van der Waals surface area contributed by atoms with Gasteiger partial charge in [-0.05, 0) is 88.2 Å². The number of carboxylic acid groups (broad SMARTS) is 2. The van der Waals surface area contributed by atoms with Crippen molar-refractivity contribution in [2.24, 2.45) is 7.05 Å². The molecule has 0 saturated carbocycles. The number of H-pyrrole nitrogens is 1. The van der Waals surface area contributed by atoms with E-state index in [-0.39, 0.29) is 92.0 Å². The van der Waals surface area contributed by atoms with E-state index < -0.39 is 79.6 Å². The van der Waals surface area contributed by atoms with Gasteiger partial charge in [0, 0.05) is 129 Å². The average molecular weight is 1310 g/mol. The molecule has 1 saturated heterocycles. The number of hydrogen-bond donors (Lipinski definition) is 10. The highest BCUT2D eigenvalue weighted by Gasteiger charge is 2.30. The van der Waals surface area contributed by atoms with Gasteiger partial charge in [-0.2, -0.15) is 13.1 Å². The van der Waals surface area contributed by atoms with E-state index in [0.717, 1.165) is 18.7 Å². The summed E-state index contributed by atoms with van der Waals surface area (Å²) in [6.07, 6.45) is 6.01. The van der Waals surface area contributed by atoms with Gasteiger partial charge in [-0.15, -0.1) is 0 Å². The number of fused-ring (bicyclic) bond motifs is 1. The van der Waals surface area contributed by atoms with Crippen LogP contribution in [0.1, 0.15) is 52.7 Å². The molecule has 0 radical (unpaired) electrons. The number of benzene rings is 2. The summed E-state index contributed by atoms with van der Waals surface area (Å²) in [6, 6.07) is 4.70. The number of sulfonamides is 1. The molecule has 3 heterocycles. The predicted molar refractivity (Wildman–Crippen MR) is 331 cm³/mol. The van der Waals surface area contributed by atoms with Crippen LogP contribution in [0, 0.1) is 13.8 Å². The number of amides is 4. The normalized spacial score (nSPS) is 15.0. The summed E-state index contributed by atoms with van der Waals surface area (Å²) in [4.78, 5) is 104. The Kier molecular flexibility index (Phi) is 30.4. The van der Waals surface area contributed by atoms with E-state index in [0.29, 0.717) is 102 Å². The highest BCUT2D eigenvalue weighted by Crippen LogP contribution is 2.26. The molecule has 5 rings (SSSR count). The van der Waals surface area contributed by atoms with Crippen molar-refractivity contribution in [3.63, 3.8) is 0 Å². The summed E-state index contributed by atoms with van der Waals surface area (Å²) in [6.45, 7) is 9.18. The van der Waals surface area contributed by atoms with Crippen LogP contribution in [0.2, 0.25) is 0 Å². The number of rotatable bonds is 37. The minimum absolute atomic E-state index is 0.0900. The Morgan fingerprint density at radius 2 is 1.30 bits per heavy atom. The Balaban J connectivity index is 0.901. The fraction of sp³-hybridized carbons (Fsp3) is 0.579. The standard InChI is InChI=1S/C57H87N13O18S2/c1-40-31-43(32-41(2)53(40)90(83,84)65-46(56(78)79)35-62-54(76)45-36-68(5)48-33-42(10-11-44(48)52(45)75)34-63-57-60-14-15-61-57)88-26-6-9-49(71)58-12-7-24-85-27-29-87-30-28-86-25-8-13-59-55(77)47(39-89(80,81)82)64-50(72)37-69-20-18-66(3)16-17-67(4)19-21-70(23-22-69)38-51(73)74/h10-11,14-15,31-33,36,46-47,65H,6-9,12-13,16-30,34-35,37-39H2,1-5H3,(H,58,71)(H,59,77)(H,62,76)(H,64,72)(H,73,74)(H,78,79)(H2,60,61,63)(H,80,81,82)/t46?,47-/m1/s1. The first-order valence-electron chi connectivity index (χ1n) is 29.5. The van der Waals surface area contributed by atoms with Gasteiger partial charge in [0.25, 0.3) is 16.0 Å². The molecule has 0 aliphatic carbocycles. The zero-order valence-electron chi connectivity index (χ0n) is 51.6. The van der Waals surface area contributed by atoms with Crippen molar-refractivity contribution in [3.05, 3.63) is 81.4 Å². The van der Waals surface area contributed by atoms with Crippen molar-refractivity contribution in [3.8, 4) is 5.75 Å². The van der Waals surface area contributed by atoms with Crippen molar-refractivity contribution in [1.82, 2.24) is 60.1 Å². The highest BCUT2D eigenvalue weighted by molar-refractivity contribution is 7.89. The van der Waals surface area contributed by atoms with E-state index in [9.17, 15) is 65.2 Å². The van der Waals surface area contributed by atoms with Crippen LogP contribution >= 0.6 is 0 Å². The van der Waals surface area contributed by atoms with Crippen molar-refractivity contribution in [2.45, 2.75) is 63.1 Å². The molecule has 1 aliphatic heterocycles. The first-order valence-corrected chi connectivity index (χ1v) is 32.6. The molecule has 1 fully saturated rings. The lowest BCUT2D eigenvalue weighted by Crippen LogP contribution is -2.53. The van der Waals surface area contributed by atoms with Crippen LogP contribution in [-0.2, 0) is 71.9 Å². The smallest absolute Gasteiger partial charge is 0.323 e. The highest BCUT2D eigenvalue weighted by atomic mass is 32.2. The van der Waals surface area contributed by atoms with E-state index in [2.05, 4.69) is 51.1 Å². The third kappa shape index (κ3) is 26.3. The number of carbonyl (C=O) groups is 6. The average Bonchev–Trinajstić information content (AvgIpc) is 0.944. The number of anilines is 1. The fourth-order valence-electron chi connectivity index (χ4n) is 9.48. The van der Waals surface area contributed by atoms with Gasteiger partial charge in [0.15, 0.2) is 5.95 Å². The second-order valence-corrected chi connectivity index (χ2v) is 24.9. The molecule has 33 heteroatoms. The maximum Gasteiger partial charge on any atom is 0.323 e. The van der Waals surface area contributed by atoms with Gasteiger partial charge in [0.05, 0.1) is 56.5 Å². The largest absolute Gasteiger partial charge is 0.494 e. The summed E-state index contributed by atoms with van der Waals surface area (Å²) in [5.41, 5.74) is 1.05. The number of carboxylic acids is 2. The molecule has 0 bridgehead atoms. The number of pyridine rings is 1. The van der Waals surface area contributed by atoms with Gasteiger partial charge in [-0.3, -0.25) is 47.9 Å². The number of nitrogens with one attached hydrogen (secondary N) is 7. The number of aromatic nitrogens is 3. The summed E-state index contributed by atoms with van der Waals surface area (Å²) < 4.78 is 86.7. The number of aryl methyl sites for hydroxylation is 3. The lowest BCUT2D eigenvalue weighted by Gasteiger charge is -2.31. The van der Waals surface area contributed by atoms with Gasteiger partial charge >= 0.3 is 11.9 Å². The molecule has 1 unspecified atom stereocenters. The molecule has 4 amide bonds. The Hall–Kier alpha value is -7.18. The zero-order valence-corrected chi connectivity index (χ0v) is 53.3. The molecule has 2 aromatic heterocycles. The Morgan fingerprint density at radius 3 is 1.89 bits per heavy atom. The molecule has 2 atom stereocenters. The molecule has 0 spiro atoms. The minimum Gasteiger partial charge on any atom is -0.494 e. The van der Waals surface area contributed by atoms with Crippen LogP contribution in [-0.4, -0.2) is 265 Å². The monoisotopic (exact) mass is 1310 g/mol. The lowest BCUT2D eigenvalue weighted by molar-refractivity contribution is -0.139. The first-order chi connectivity index (χ1) is 42.8. The van der Waals surface area contributed by atoms with Crippen LogP contribution in [0.4, 0.5) is 5.95 Å². The van der Waals surface area contributed by atoms with Crippen molar-refractivity contribution < 1.29 is 79.3 Å². The molecular formula is C57H87N13O18S2. The Labute approximate surface area is 523 Å². The Bertz CT molecular complexity index is 3280. The fourth-order valence-corrected chi connectivity index (χ4v) is 11.8. The lowest BCUT2D eigenvalue weighted by atomic mass is 10.1. The number of likely N-dealkylation sites (N-methyl/N-ethyl adjacent to an activating group) is 2. The molecule has 31 nitrogen and oxygen atoms in total. The zero-order chi connectivity index (χ0) is 65.8. The van der Waals surface area contributed by atoms with Gasteiger partial charge in [-0.1, -0.05) is 6.07 Å². The maximum atomic E-state index is 13.6. The predicted octanol–water partition coefficient (Wildman–Crippen LogP) is -1.19. The SMILES string of the molecule is Cc1cc(OCCCC(=O)NCCCOCCOCCOCCCNC(=O)[C@@H](CS(=O)(=O)O)NC(=O)CN2CCN(C)CCN(C)CCN(CC(=O)O)CC2)cc(C)c1S(=O)(=O)NC(CNC(=O)c1cn(C)c2cc(CNc3ncc[nH]3)ccc2c1=O)C(=O)O. The molecule has 500 valence electrons. The number of aliphatic carboxylic acids is 2. The van der Waals surface area contributed by atoms with Gasteiger partial charge < -0.3 is 75.1 Å². The van der Waals surface area contributed by atoms with E-state index in [1.807, 2.05) is 19.0 Å². The van der Waals surface area contributed by atoms with Gasteiger partial charge in [0.2, 0.25) is 33.2 Å². The van der Waals surface area contributed by atoms with E-state index in [4.69, 9.17) is 18.9 Å². The van der Waals surface area contributed by atoms with Crippen LogP contribution < -0.4 is 41.5 Å². The van der Waals surface area contributed by atoms with E-state index >= 15 is 0 Å². The summed E-state index contributed by atoms with van der Waals surface area (Å²) in [5.74, 6) is -5.19. The topological polar surface area (TPSA) is 404 Å². The van der Waals surface area contributed by atoms with E-state index in [1.165, 1.54) is 32.2 Å². The molecule has 4 aromatic rings. The number of carbonyl (C=O) groups excluding carboxylic acids is 4. The summed E-state index contributed by atoms with van der Waals surface area (Å²) in [5, 5.41) is 33.0. The first kappa shape index (κ1) is 73.6. The van der Waals surface area contributed by atoms with Gasteiger partial charge in [0.1, 0.15) is 29.1 Å². The van der Waals surface area contributed by atoms with Crippen molar-refractivity contribution >= 4 is 72.6 Å². The molecule has 2 aromatic carbocycles. The van der Waals surface area contributed by atoms with Crippen LogP contribution in [0.5, 0.6) is 5.75 Å². The number of aromatic amines is 1. The summed E-state index contributed by atoms with van der Waals surface area (Å²) in [7, 11) is -3.55. The Morgan fingerprint density at radius 1 is 0.711 bits per heavy atom. The second kappa shape index (κ2) is 37.2. The molecule has 90 heavy (non-hydrogen) atoms. The molecule has 1 aliphatic rings. The number of ether oxygens (including phenoxy) is 4. The number of nitrogens with zero attached hydrogens (tertiary/aromatic N) is 6. The quantitative estimate of drug-likeness (QED) is 0.0187.